The first-order chi connectivity index (χ1) is 15.0. The fourth-order valence-electron chi connectivity index (χ4n) is 4.14. The standard InChI is InChI=1S/C26H52N2O3/c1-5-7-8-9-10-11-12-13-14-15-16-17-18-19-20-21-25(31)27-23(6-2)26(28(3)4)24(30)22-29/h13-14,23-24,26,29-30H,5-12,15-22H2,1-4H3,(H,27,31)/b14-13-. The Hall–Kier alpha value is -0.910. The number of carbonyl (C=O) groups excluding carboxylic acids is 1. The number of hydrogen-bond donors (Lipinski definition) is 3. The molecule has 0 aliphatic rings. The van der Waals surface area contributed by atoms with Gasteiger partial charge in [-0.05, 0) is 52.6 Å². The van der Waals surface area contributed by atoms with Crippen LogP contribution in [0.4, 0.5) is 0 Å². The van der Waals surface area contributed by atoms with Crippen LogP contribution in [-0.2, 0) is 4.79 Å². The van der Waals surface area contributed by atoms with E-state index in [1.165, 1.54) is 70.6 Å². The predicted octanol–water partition coefficient (Wildman–Crippen LogP) is 5.20. The predicted molar refractivity (Wildman–Crippen MR) is 132 cm³/mol. The molecule has 3 N–H and O–H groups in total. The number of aliphatic hydroxyl groups is 2. The first kappa shape index (κ1) is 30.1. The molecule has 3 unspecified atom stereocenters. The molecule has 0 aliphatic carbocycles. The topological polar surface area (TPSA) is 72.8 Å². The van der Waals surface area contributed by atoms with E-state index in [-0.39, 0.29) is 24.6 Å². The first-order valence-electron chi connectivity index (χ1n) is 12.9. The van der Waals surface area contributed by atoms with E-state index in [0.717, 1.165) is 19.3 Å². The van der Waals surface area contributed by atoms with Crippen molar-refractivity contribution in [3.63, 3.8) is 0 Å². The lowest BCUT2D eigenvalue weighted by Crippen LogP contribution is -2.55. The average Bonchev–Trinajstić information content (AvgIpc) is 2.75. The van der Waals surface area contributed by atoms with Crippen molar-refractivity contribution in [1.29, 1.82) is 0 Å². The third-order valence-corrected chi connectivity index (χ3v) is 6.04. The van der Waals surface area contributed by atoms with Gasteiger partial charge in [-0.2, -0.15) is 0 Å². The summed E-state index contributed by atoms with van der Waals surface area (Å²) < 4.78 is 0. The Kier molecular flexibility index (Phi) is 20.3. The third-order valence-electron chi connectivity index (χ3n) is 6.04. The number of allylic oxidation sites excluding steroid dienone is 2. The van der Waals surface area contributed by atoms with Crippen molar-refractivity contribution in [2.75, 3.05) is 20.7 Å². The maximum absolute atomic E-state index is 12.3. The summed E-state index contributed by atoms with van der Waals surface area (Å²) in [6.45, 7) is 3.95. The van der Waals surface area contributed by atoms with E-state index in [2.05, 4.69) is 24.4 Å². The molecule has 3 atom stereocenters. The van der Waals surface area contributed by atoms with Gasteiger partial charge in [0.1, 0.15) is 0 Å². The van der Waals surface area contributed by atoms with Crippen LogP contribution in [0.5, 0.6) is 0 Å². The summed E-state index contributed by atoms with van der Waals surface area (Å²) in [5, 5.41) is 22.4. The van der Waals surface area contributed by atoms with Crippen molar-refractivity contribution in [3.8, 4) is 0 Å². The lowest BCUT2D eigenvalue weighted by atomic mass is 9.98. The lowest BCUT2D eigenvalue weighted by Gasteiger charge is -2.35. The fourth-order valence-corrected chi connectivity index (χ4v) is 4.14. The number of hydrogen-bond acceptors (Lipinski definition) is 4. The molecule has 0 saturated carbocycles. The van der Waals surface area contributed by atoms with E-state index in [1.807, 2.05) is 25.9 Å². The van der Waals surface area contributed by atoms with Gasteiger partial charge in [-0.1, -0.05) is 77.4 Å². The largest absolute Gasteiger partial charge is 0.394 e. The summed E-state index contributed by atoms with van der Waals surface area (Å²) in [4.78, 5) is 14.2. The Labute approximate surface area is 192 Å². The van der Waals surface area contributed by atoms with Gasteiger partial charge in [-0.3, -0.25) is 4.79 Å². The molecule has 0 rings (SSSR count). The highest BCUT2D eigenvalue weighted by atomic mass is 16.3. The van der Waals surface area contributed by atoms with Crippen LogP contribution in [0.3, 0.4) is 0 Å². The molecule has 0 saturated heterocycles. The van der Waals surface area contributed by atoms with Gasteiger partial charge in [0.05, 0.1) is 18.8 Å². The number of carbonyl (C=O) groups is 1. The molecule has 0 aromatic heterocycles. The Balaban J connectivity index is 3.75. The molecule has 5 nitrogen and oxygen atoms in total. The molecule has 0 radical (unpaired) electrons. The van der Waals surface area contributed by atoms with Crippen LogP contribution in [-0.4, -0.2) is 59.9 Å². The molecule has 31 heavy (non-hydrogen) atoms. The smallest absolute Gasteiger partial charge is 0.220 e. The minimum absolute atomic E-state index is 0.0430. The first-order valence-corrected chi connectivity index (χ1v) is 12.9. The number of amides is 1. The molecule has 0 spiro atoms. The second-order valence-corrected chi connectivity index (χ2v) is 9.12. The number of unbranched alkanes of at least 4 members (excludes halogenated alkanes) is 11. The zero-order valence-corrected chi connectivity index (χ0v) is 21.0. The number of likely N-dealkylation sites (N-methyl/N-ethyl adjacent to an activating group) is 1. The summed E-state index contributed by atoms with van der Waals surface area (Å²) in [6, 6.07) is -0.444. The maximum atomic E-state index is 12.3. The molecule has 5 heteroatoms. The van der Waals surface area contributed by atoms with Crippen LogP contribution >= 0.6 is 0 Å². The number of nitrogens with zero attached hydrogens (tertiary/aromatic N) is 1. The quantitative estimate of drug-likeness (QED) is 0.169. The van der Waals surface area contributed by atoms with Crippen LogP contribution in [0.25, 0.3) is 0 Å². The van der Waals surface area contributed by atoms with Crippen LogP contribution < -0.4 is 5.32 Å². The van der Waals surface area contributed by atoms with Crippen molar-refractivity contribution in [3.05, 3.63) is 12.2 Å². The average molecular weight is 441 g/mol. The van der Waals surface area contributed by atoms with Gasteiger partial charge in [0.2, 0.25) is 5.91 Å². The Morgan fingerprint density at radius 3 is 1.87 bits per heavy atom. The summed E-state index contributed by atoms with van der Waals surface area (Å²) >= 11 is 0. The number of rotatable bonds is 21. The SMILES string of the molecule is CCCCCCCC/C=C\CCCCCCCC(=O)NC(CC)C(C(O)CO)N(C)C. The molecule has 0 aromatic rings. The van der Waals surface area contributed by atoms with E-state index < -0.39 is 6.10 Å². The van der Waals surface area contributed by atoms with Gasteiger partial charge in [0.15, 0.2) is 0 Å². The molecule has 184 valence electrons. The van der Waals surface area contributed by atoms with Gasteiger partial charge >= 0.3 is 0 Å². The summed E-state index contributed by atoms with van der Waals surface area (Å²) in [5.74, 6) is 0.0430. The minimum Gasteiger partial charge on any atom is -0.394 e. The van der Waals surface area contributed by atoms with E-state index in [1.54, 1.807) is 0 Å². The summed E-state index contributed by atoms with van der Waals surface area (Å²) in [5.41, 5.74) is 0. The minimum atomic E-state index is -0.861. The van der Waals surface area contributed by atoms with Gasteiger partial charge in [-0.15, -0.1) is 0 Å². The van der Waals surface area contributed by atoms with Gasteiger partial charge in [-0.25, -0.2) is 0 Å². The lowest BCUT2D eigenvalue weighted by molar-refractivity contribution is -0.122. The highest BCUT2D eigenvalue weighted by Gasteiger charge is 2.29. The maximum Gasteiger partial charge on any atom is 0.220 e. The van der Waals surface area contributed by atoms with Crippen molar-refractivity contribution >= 4 is 5.91 Å². The third kappa shape index (κ3) is 16.4. The Bertz CT molecular complexity index is 440. The zero-order chi connectivity index (χ0) is 23.3. The molecular weight excluding hydrogens is 388 g/mol. The molecule has 1 amide bonds. The van der Waals surface area contributed by atoms with Gasteiger partial charge < -0.3 is 20.4 Å². The van der Waals surface area contributed by atoms with Crippen LogP contribution in [0.2, 0.25) is 0 Å². The molecular formula is C26H52N2O3. The molecule has 0 bridgehead atoms. The normalized spacial score (nSPS) is 14.8. The van der Waals surface area contributed by atoms with Crippen molar-refractivity contribution in [2.45, 2.75) is 128 Å². The van der Waals surface area contributed by atoms with Crippen LogP contribution in [0.1, 0.15) is 110 Å². The van der Waals surface area contributed by atoms with E-state index >= 15 is 0 Å². The van der Waals surface area contributed by atoms with E-state index in [0.29, 0.717) is 6.42 Å². The number of nitrogens with one attached hydrogen (secondary N) is 1. The monoisotopic (exact) mass is 440 g/mol. The van der Waals surface area contributed by atoms with E-state index in [9.17, 15) is 15.0 Å². The second-order valence-electron chi connectivity index (χ2n) is 9.12. The van der Waals surface area contributed by atoms with Gasteiger partial charge in [0.25, 0.3) is 0 Å². The van der Waals surface area contributed by atoms with Crippen LogP contribution in [0, 0.1) is 0 Å². The van der Waals surface area contributed by atoms with Crippen molar-refractivity contribution < 1.29 is 15.0 Å². The summed E-state index contributed by atoms with van der Waals surface area (Å²) in [6.07, 6.45) is 21.3. The number of aliphatic hydroxyl groups excluding tert-OH is 2. The Morgan fingerprint density at radius 1 is 0.871 bits per heavy atom. The highest BCUT2D eigenvalue weighted by molar-refractivity contribution is 5.76. The summed E-state index contributed by atoms with van der Waals surface area (Å²) in [7, 11) is 3.73. The molecule has 0 heterocycles. The molecule has 0 aromatic carbocycles. The molecule has 0 fully saturated rings. The fraction of sp³-hybridized carbons (Fsp3) is 0.885. The van der Waals surface area contributed by atoms with Crippen LogP contribution in [0.15, 0.2) is 12.2 Å². The van der Waals surface area contributed by atoms with E-state index in [4.69, 9.17) is 0 Å². The molecule has 0 aliphatic heterocycles. The van der Waals surface area contributed by atoms with Gasteiger partial charge in [0, 0.05) is 12.5 Å². The Morgan fingerprint density at radius 2 is 1.39 bits per heavy atom. The highest BCUT2D eigenvalue weighted by Crippen LogP contribution is 2.12. The van der Waals surface area contributed by atoms with Crippen molar-refractivity contribution in [2.24, 2.45) is 0 Å². The zero-order valence-electron chi connectivity index (χ0n) is 21.0. The van der Waals surface area contributed by atoms with Crippen molar-refractivity contribution in [1.82, 2.24) is 10.2 Å². The second kappa shape index (κ2) is 21.0.